The van der Waals surface area contributed by atoms with Crippen molar-refractivity contribution in [1.29, 1.82) is 0 Å². The van der Waals surface area contributed by atoms with Gasteiger partial charge in [0.25, 0.3) is 0 Å². The van der Waals surface area contributed by atoms with E-state index < -0.39 is 0 Å². The lowest BCUT2D eigenvalue weighted by Crippen LogP contribution is -2.54. The summed E-state index contributed by atoms with van der Waals surface area (Å²) in [5.41, 5.74) is -0.0784. The largest absolute Gasteiger partial charge is 0.391 e. The Kier molecular flexibility index (Phi) is 5.03. The molecular weight excluding hydrogens is 210 g/mol. The first-order chi connectivity index (χ1) is 7.82. The van der Waals surface area contributed by atoms with Gasteiger partial charge in [-0.15, -0.1) is 0 Å². The van der Waals surface area contributed by atoms with Gasteiger partial charge in [-0.2, -0.15) is 0 Å². The van der Waals surface area contributed by atoms with E-state index in [0.29, 0.717) is 5.92 Å². The standard InChI is InChI=1S/C15H31NO/c1-7-15(4,16(5)6)14(17)13-9-8-11(2)12(3)10-13/h11-14,17H,7-10H2,1-6H3. The van der Waals surface area contributed by atoms with E-state index in [1.807, 2.05) is 0 Å². The van der Waals surface area contributed by atoms with Crippen LogP contribution in [0, 0.1) is 17.8 Å². The Hall–Kier alpha value is -0.0800. The molecule has 0 spiro atoms. The molecule has 0 heterocycles. The van der Waals surface area contributed by atoms with Gasteiger partial charge in [0.05, 0.1) is 6.10 Å². The van der Waals surface area contributed by atoms with Crippen molar-refractivity contribution in [2.45, 2.75) is 65.0 Å². The Morgan fingerprint density at radius 1 is 1.24 bits per heavy atom. The number of nitrogens with zero attached hydrogens (tertiary/aromatic N) is 1. The number of aliphatic hydroxyl groups is 1. The third-order valence-electron chi connectivity index (χ3n) is 5.46. The second-order valence-electron chi connectivity index (χ2n) is 6.58. The number of rotatable bonds is 4. The van der Waals surface area contributed by atoms with E-state index in [0.717, 1.165) is 18.3 Å². The lowest BCUT2D eigenvalue weighted by Gasteiger charge is -2.46. The van der Waals surface area contributed by atoms with Crippen LogP contribution in [0.4, 0.5) is 0 Å². The fourth-order valence-electron chi connectivity index (χ4n) is 3.17. The van der Waals surface area contributed by atoms with Crippen LogP contribution in [0.2, 0.25) is 0 Å². The molecule has 0 saturated heterocycles. The quantitative estimate of drug-likeness (QED) is 0.817. The van der Waals surface area contributed by atoms with Crippen molar-refractivity contribution >= 4 is 0 Å². The molecule has 0 aliphatic heterocycles. The van der Waals surface area contributed by atoms with E-state index in [-0.39, 0.29) is 11.6 Å². The molecule has 0 bridgehead atoms. The van der Waals surface area contributed by atoms with Crippen molar-refractivity contribution < 1.29 is 5.11 Å². The van der Waals surface area contributed by atoms with Crippen LogP contribution in [0.3, 0.4) is 0 Å². The van der Waals surface area contributed by atoms with Gasteiger partial charge in [0.1, 0.15) is 0 Å². The zero-order chi connectivity index (χ0) is 13.2. The first kappa shape index (κ1) is 15.0. The topological polar surface area (TPSA) is 23.5 Å². The van der Waals surface area contributed by atoms with Crippen LogP contribution >= 0.6 is 0 Å². The molecule has 1 saturated carbocycles. The molecule has 17 heavy (non-hydrogen) atoms. The molecule has 1 aliphatic rings. The molecule has 102 valence electrons. The maximum Gasteiger partial charge on any atom is 0.0748 e. The highest BCUT2D eigenvalue weighted by atomic mass is 16.3. The number of hydrogen-bond acceptors (Lipinski definition) is 2. The molecule has 5 unspecified atom stereocenters. The van der Waals surface area contributed by atoms with E-state index in [2.05, 4.69) is 46.7 Å². The molecule has 1 aliphatic carbocycles. The average molecular weight is 241 g/mol. The van der Waals surface area contributed by atoms with Crippen molar-refractivity contribution in [2.24, 2.45) is 17.8 Å². The van der Waals surface area contributed by atoms with Crippen LogP contribution in [0.25, 0.3) is 0 Å². The van der Waals surface area contributed by atoms with Crippen LogP contribution in [0.15, 0.2) is 0 Å². The van der Waals surface area contributed by atoms with Gasteiger partial charge < -0.3 is 10.0 Å². The average Bonchev–Trinajstić information content (AvgIpc) is 2.30. The van der Waals surface area contributed by atoms with Gasteiger partial charge in [0.15, 0.2) is 0 Å². The van der Waals surface area contributed by atoms with Gasteiger partial charge >= 0.3 is 0 Å². The molecule has 0 aromatic heterocycles. The minimum atomic E-state index is -0.197. The monoisotopic (exact) mass is 241 g/mol. The summed E-state index contributed by atoms with van der Waals surface area (Å²) in [6.07, 6.45) is 4.46. The zero-order valence-corrected chi connectivity index (χ0v) is 12.5. The van der Waals surface area contributed by atoms with Crippen LogP contribution in [-0.4, -0.2) is 35.7 Å². The van der Waals surface area contributed by atoms with Crippen LogP contribution in [0.1, 0.15) is 53.4 Å². The Bertz CT molecular complexity index is 241. The van der Waals surface area contributed by atoms with E-state index >= 15 is 0 Å². The summed E-state index contributed by atoms with van der Waals surface area (Å²) in [5.74, 6) is 2.06. The van der Waals surface area contributed by atoms with Crippen molar-refractivity contribution in [3.8, 4) is 0 Å². The van der Waals surface area contributed by atoms with Crippen molar-refractivity contribution in [1.82, 2.24) is 4.90 Å². The fraction of sp³-hybridized carbons (Fsp3) is 1.00. The molecule has 0 amide bonds. The number of likely N-dealkylation sites (N-methyl/N-ethyl adjacent to an activating group) is 1. The Labute approximate surface area is 107 Å². The summed E-state index contributed by atoms with van der Waals surface area (Å²) in [6.45, 7) is 9.05. The molecule has 1 rings (SSSR count). The smallest absolute Gasteiger partial charge is 0.0748 e. The Morgan fingerprint density at radius 2 is 1.82 bits per heavy atom. The lowest BCUT2D eigenvalue weighted by atomic mass is 9.69. The summed E-state index contributed by atoms with van der Waals surface area (Å²) in [5, 5.41) is 10.7. The maximum atomic E-state index is 10.7. The fourth-order valence-corrected chi connectivity index (χ4v) is 3.17. The predicted octanol–water partition coefficient (Wildman–Crippen LogP) is 3.15. The molecule has 0 aromatic rings. The molecule has 1 fully saturated rings. The molecule has 0 radical (unpaired) electrons. The second-order valence-corrected chi connectivity index (χ2v) is 6.58. The summed E-state index contributed by atoms with van der Waals surface area (Å²) < 4.78 is 0. The van der Waals surface area contributed by atoms with Crippen LogP contribution < -0.4 is 0 Å². The highest BCUT2D eigenvalue weighted by molar-refractivity contribution is 4.94. The predicted molar refractivity (Wildman–Crippen MR) is 74.1 cm³/mol. The second kappa shape index (κ2) is 5.71. The first-order valence-electron chi connectivity index (χ1n) is 7.18. The van der Waals surface area contributed by atoms with E-state index in [1.165, 1.54) is 19.3 Å². The summed E-state index contributed by atoms with van der Waals surface area (Å²) in [4.78, 5) is 2.19. The molecular formula is C15H31NO. The van der Waals surface area contributed by atoms with Crippen molar-refractivity contribution in [3.05, 3.63) is 0 Å². The summed E-state index contributed by atoms with van der Waals surface area (Å²) in [7, 11) is 4.17. The van der Waals surface area contributed by atoms with E-state index in [4.69, 9.17) is 0 Å². The van der Waals surface area contributed by atoms with Gasteiger partial charge in [-0.3, -0.25) is 0 Å². The van der Waals surface area contributed by atoms with E-state index in [9.17, 15) is 5.11 Å². The third-order valence-corrected chi connectivity index (χ3v) is 5.46. The summed E-state index contributed by atoms with van der Waals surface area (Å²) in [6, 6.07) is 0. The normalized spacial score (nSPS) is 35.6. The van der Waals surface area contributed by atoms with Gasteiger partial charge in [0, 0.05) is 5.54 Å². The molecule has 5 atom stereocenters. The van der Waals surface area contributed by atoms with E-state index in [1.54, 1.807) is 0 Å². The Morgan fingerprint density at radius 3 is 2.24 bits per heavy atom. The van der Waals surface area contributed by atoms with Gasteiger partial charge in [-0.05, 0) is 58.0 Å². The Balaban J connectivity index is 2.72. The molecule has 1 N–H and O–H groups in total. The maximum absolute atomic E-state index is 10.7. The summed E-state index contributed by atoms with van der Waals surface area (Å²) >= 11 is 0. The minimum Gasteiger partial charge on any atom is -0.391 e. The lowest BCUT2D eigenvalue weighted by molar-refractivity contribution is -0.0525. The number of aliphatic hydroxyl groups excluding tert-OH is 1. The molecule has 2 heteroatoms. The molecule has 2 nitrogen and oxygen atoms in total. The number of hydrogen-bond donors (Lipinski definition) is 1. The van der Waals surface area contributed by atoms with Crippen molar-refractivity contribution in [2.75, 3.05) is 14.1 Å². The van der Waals surface area contributed by atoms with Crippen LogP contribution in [-0.2, 0) is 0 Å². The van der Waals surface area contributed by atoms with Gasteiger partial charge in [0.2, 0.25) is 0 Å². The minimum absolute atomic E-state index is 0.0784. The zero-order valence-electron chi connectivity index (χ0n) is 12.5. The SMILES string of the molecule is CCC(C)(C(O)C1CCC(C)C(C)C1)N(C)C. The highest BCUT2D eigenvalue weighted by Gasteiger charge is 2.40. The van der Waals surface area contributed by atoms with Crippen molar-refractivity contribution in [3.63, 3.8) is 0 Å². The third kappa shape index (κ3) is 3.03. The van der Waals surface area contributed by atoms with Gasteiger partial charge in [-0.25, -0.2) is 0 Å². The van der Waals surface area contributed by atoms with Crippen LogP contribution in [0.5, 0.6) is 0 Å². The highest BCUT2D eigenvalue weighted by Crippen LogP contribution is 2.39. The molecule has 0 aromatic carbocycles. The van der Waals surface area contributed by atoms with Gasteiger partial charge in [-0.1, -0.05) is 27.2 Å². The first-order valence-corrected chi connectivity index (χ1v) is 7.18.